The van der Waals surface area contributed by atoms with Gasteiger partial charge >= 0.3 is 0 Å². The highest BCUT2D eigenvalue weighted by Crippen LogP contribution is 2.37. The third kappa shape index (κ3) is 3.25. The molecule has 2 fully saturated rings. The van der Waals surface area contributed by atoms with Gasteiger partial charge < -0.3 is 5.32 Å². The standard InChI is InChI=1S/C17H19FN2O3/c18-11-4-3-5-12(10-11)19-15(21)8-9-20-16(22)13-6-1-2-7-14(13)17(20)23/h3-5,10,13-14H,1-2,6-9H2,(H,19,21). The van der Waals surface area contributed by atoms with Crippen LogP contribution in [0.5, 0.6) is 0 Å². The summed E-state index contributed by atoms with van der Waals surface area (Å²) in [6, 6.07) is 5.60. The summed E-state index contributed by atoms with van der Waals surface area (Å²) in [7, 11) is 0. The normalized spacial score (nSPS) is 23.8. The van der Waals surface area contributed by atoms with Crippen LogP contribution in [0, 0.1) is 17.7 Å². The molecule has 2 unspecified atom stereocenters. The number of carbonyl (C=O) groups is 3. The molecule has 122 valence electrons. The van der Waals surface area contributed by atoms with Gasteiger partial charge in [0.15, 0.2) is 0 Å². The lowest BCUT2D eigenvalue weighted by atomic mass is 9.81. The van der Waals surface area contributed by atoms with E-state index in [0.717, 1.165) is 25.7 Å². The van der Waals surface area contributed by atoms with E-state index in [1.807, 2.05) is 0 Å². The Morgan fingerprint density at radius 1 is 1.17 bits per heavy atom. The van der Waals surface area contributed by atoms with E-state index < -0.39 is 5.82 Å². The molecule has 1 aromatic carbocycles. The van der Waals surface area contributed by atoms with Crippen molar-refractivity contribution >= 4 is 23.4 Å². The fourth-order valence-corrected chi connectivity index (χ4v) is 3.45. The molecule has 0 spiro atoms. The van der Waals surface area contributed by atoms with Gasteiger partial charge in [0.05, 0.1) is 11.8 Å². The van der Waals surface area contributed by atoms with Crippen molar-refractivity contribution in [3.05, 3.63) is 30.1 Å². The summed E-state index contributed by atoms with van der Waals surface area (Å²) in [6.45, 7) is 0.0891. The first kappa shape index (κ1) is 15.6. The SMILES string of the molecule is O=C(CCN1C(=O)C2CCCCC2C1=O)Nc1cccc(F)c1. The first-order valence-corrected chi connectivity index (χ1v) is 7.97. The molecule has 1 aliphatic carbocycles. The van der Waals surface area contributed by atoms with Crippen LogP contribution in [0.15, 0.2) is 24.3 Å². The number of nitrogens with zero attached hydrogens (tertiary/aromatic N) is 1. The minimum atomic E-state index is -0.434. The van der Waals surface area contributed by atoms with Gasteiger partial charge in [-0.2, -0.15) is 0 Å². The number of fused-ring (bicyclic) bond motifs is 1. The minimum Gasteiger partial charge on any atom is -0.326 e. The van der Waals surface area contributed by atoms with Crippen LogP contribution < -0.4 is 5.32 Å². The average Bonchev–Trinajstić information content (AvgIpc) is 2.77. The molecule has 1 saturated carbocycles. The summed E-state index contributed by atoms with van der Waals surface area (Å²) in [5.41, 5.74) is 0.364. The smallest absolute Gasteiger partial charge is 0.233 e. The molecule has 2 atom stereocenters. The summed E-state index contributed by atoms with van der Waals surface area (Å²) in [5, 5.41) is 2.57. The first-order chi connectivity index (χ1) is 11.1. The van der Waals surface area contributed by atoms with E-state index in [0.29, 0.717) is 5.69 Å². The monoisotopic (exact) mass is 318 g/mol. The van der Waals surface area contributed by atoms with E-state index in [9.17, 15) is 18.8 Å². The van der Waals surface area contributed by atoms with Crippen molar-refractivity contribution in [3.63, 3.8) is 0 Å². The Labute approximate surface area is 133 Å². The molecule has 23 heavy (non-hydrogen) atoms. The lowest BCUT2D eigenvalue weighted by molar-refractivity contribution is -0.140. The van der Waals surface area contributed by atoms with Gasteiger partial charge in [0.2, 0.25) is 17.7 Å². The Kier molecular flexibility index (Phi) is 4.41. The van der Waals surface area contributed by atoms with Crippen LogP contribution >= 0.6 is 0 Å². The summed E-state index contributed by atoms with van der Waals surface area (Å²) < 4.78 is 13.1. The van der Waals surface area contributed by atoms with Gasteiger partial charge in [-0.15, -0.1) is 0 Å². The van der Waals surface area contributed by atoms with Crippen LogP contribution in [0.25, 0.3) is 0 Å². The van der Waals surface area contributed by atoms with Crippen LogP contribution in [0.3, 0.4) is 0 Å². The number of amides is 3. The number of hydrogen-bond acceptors (Lipinski definition) is 3. The van der Waals surface area contributed by atoms with Gasteiger partial charge in [-0.25, -0.2) is 4.39 Å². The Balaban J connectivity index is 1.56. The van der Waals surface area contributed by atoms with Crippen LogP contribution in [0.4, 0.5) is 10.1 Å². The molecule has 1 aliphatic heterocycles. The largest absolute Gasteiger partial charge is 0.326 e. The number of benzene rings is 1. The van der Waals surface area contributed by atoms with Crippen molar-refractivity contribution in [2.75, 3.05) is 11.9 Å². The Hall–Kier alpha value is -2.24. The number of anilines is 1. The Bertz CT molecular complexity index is 622. The molecular weight excluding hydrogens is 299 g/mol. The van der Waals surface area contributed by atoms with E-state index in [1.54, 1.807) is 6.07 Å². The number of likely N-dealkylation sites (tertiary alicyclic amines) is 1. The molecule has 2 aliphatic rings. The highest BCUT2D eigenvalue weighted by Gasteiger charge is 2.47. The summed E-state index contributed by atoms with van der Waals surface area (Å²) in [6.07, 6.45) is 3.51. The van der Waals surface area contributed by atoms with E-state index in [-0.39, 0.29) is 42.5 Å². The average molecular weight is 318 g/mol. The maximum absolute atomic E-state index is 13.1. The number of nitrogens with one attached hydrogen (secondary N) is 1. The molecule has 3 amide bonds. The van der Waals surface area contributed by atoms with E-state index in [1.165, 1.54) is 23.1 Å². The summed E-state index contributed by atoms with van der Waals surface area (Å²) in [5.74, 6) is -1.44. The first-order valence-electron chi connectivity index (χ1n) is 7.97. The maximum atomic E-state index is 13.1. The zero-order valence-electron chi connectivity index (χ0n) is 12.8. The zero-order valence-corrected chi connectivity index (χ0v) is 12.8. The molecule has 1 saturated heterocycles. The van der Waals surface area contributed by atoms with Gasteiger partial charge in [0.1, 0.15) is 5.82 Å². The molecule has 6 heteroatoms. The summed E-state index contributed by atoms with van der Waals surface area (Å²) in [4.78, 5) is 37.7. The molecule has 0 bridgehead atoms. The van der Waals surface area contributed by atoms with Crippen molar-refractivity contribution in [3.8, 4) is 0 Å². The molecular formula is C17H19FN2O3. The zero-order chi connectivity index (χ0) is 16.4. The van der Waals surface area contributed by atoms with Crippen molar-refractivity contribution in [2.24, 2.45) is 11.8 Å². The van der Waals surface area contributed by atoms with Gasteiger partial charge in [0.25, 0.3) is 0 Å². The van der Waals surface area contributed by atoms with Crippen LogP contribution in [-0.2, 0) is 14.4 Å². The third-order valence-electron chi connectivity index (χ3n) is 4.60. The van der Waals surface area contributed by atoms with Crippen molar-refractivity contribution in [1.82, 2.24) is 4.90 Å². The van der Waals surface area contributed by atoms with Gasteiger partial charge in [0, 0.05) is 18.7 Å². The lowest BCUT2D eigenvalue weighted by Crippen LogP contribution is -2.34. The molecule has 1 N–H and O–H groups in total. The highest BCUT2D eigenvalue weighted by molar-refractivity contribution is 6.05. The quantitative estimate of drug-likeness (QED) is 0.867. The van der Waals surface area contributed by atoms with E-state index in [4.69, 9.17) is 0 Å². The minimum absolute atomic E-state index is 0.0213. The second-order valence-corrected chi connectivity index (χ2v) is 6.13. The van der Waals surface area contributed by atoms with Crippen molar-refractivity contribution in [2.45, 2.75) is 32.1 Å². The van der Waals surface area contributed by atoms with Crippen molar-refractivity contribution < 1.29 is 18.8 Å². The third-order valence-corrected chi connectivity index (χ3v) is 4.60. The number of carbonyl (C=O) groups excluding carboxylic acids is 3. The summed E-state index contributed by atoms with van der Waals surface area (Å²) >= 11 is 0. The number of rotatable bonds is 4. The van der Waals surface area contributed by atoms with Gasteiger partial charge in [-0.3, -0.25) is 19.3 Å². The van der Waals surface area contributed by atoms with Gasteiger partial charge in [-0.1, -0.05) is 18.9 Å². The predicted molar refractivity (Wildman–Crippen MR) is 81.8 cm³/mol. The van der Waals surface area contributed by atoms with Crippen LogP contribution in [-0.4, -0.2) is 29.2 Å². The topological polar surface area (TPSA) is 66.5 Å². The van der Waals surface area contributed by atoms with E-state index in [2.05, 4.69) is 5.32 Å². The Morgan fingerprint density at radius 3 is 2.43 bits per heavy atom. The molecule has 3 rings (SSSR count). The second kappa shape index (κ2) is 6.48. The van der Waals surface area contributed by atoms with E-state index >= 15 is 0 Å². The molecule has 1 aromatic rings. The predicted octanol–water partition coefficient (Wildman–Crippen LogP) is 2.33. The fraction of sp³-hybridized carbons (Fsp3) is 0.471. The number of halogens is 1. The van der Waals surface area contributed by atoms with Crippen LogP contribution in [0.1, 0.15) is 32.1 Å². The second-order valence-electron chi connectivity index (χ2n) is 6.13. The van der Waals surface area contributed by atoms with Gasteiger partial charge in [-0.05, 0) is 31.0 Å². The molecule has 5 nitrogen and oxygen atoms in total. The number of imide groups is 1. The molecule has 0 radical (unpaired) electrons. The van der Waals surface area contributed by atoms with Crippen molar-refractivity contribution in [1.29, 1.82) is 0 Å². The molecule has 1 heterocycles. The molecule has 0 aromatic heterocycles. The maximum Gasteiger partial charge on any atom is 0.233 e. The lowest BCUT2D eigenvalue weighted by Gasteiger charge is -2.19. The highest BCUT2D eigenvalue weighted by atomic mass is 19.1. The Morgan fingerprint density at radius 2 is 1.83 bits per heavy atom. The fourth-order valence-electron chi connectivity index (χ4n) is 3.45. The van der Waals surface area contributed by atoms with Crippen LogP contribution in [0.2, 0.25) is 0 Å². The number of hydrogen-bond donors (Lipinski definition) is 1.